The summed E-state index contributed by atoms with van der Waals surface area (Å²) >= 11 is 1.41. The van der Waals surface area contributed by atoms with Crippen LogP contribution in [0.1, 0.15) is 50.7 Å². The van der Waals surface area contributed by atoms with Crippen molar-refractivity contribution in [2.75, 3.05) is 0 Å². The second-order valence-corrected chi connectivity index (χ2v) is 5.99. The van der Waals surface area contributed by atoms with Crippen LogP contribution in [-0.2, 0) is 12.8 Å². The molecule has 0 aliphatic rings. The molecule has 1 aromatic rings. The molecule has 0 unspecified atom stereocenters. The fourth-order valence-corrected chi connectivity index (χ4v) is 3.19. The molecule has 0 spiro atoms. The van der Waals surface area contributed by atoms with E-state index < -0.39 is 0 Å². The van der Waals surface area contributed by atoms with Crippen LogP contribution in [0.15, 0.2) is 18.2 Å². The van der Waals surface area contributed by atoms with Crippen LogP contribution in [0.3, 0.4) is 0 Å². The van der Waals surface area contributed by atoms with E-state index in [1.54, 1.807) is 14.4 Å². The Hall–Kier alpha value is 0.103. The van der Waals surface area contributed by atoms with Crippen molar-refractivity contribution in [2.45, 2.75) is 52.4 Å². The molecule has 0 saturated heterocycles. The zero-order valence-corrected chi connectivity index (χ0v) is 13.4. The molecule has 0 amide bonds. The molecule has 0 nitrogen and oxygen atoms in total. The topological polar surface area (TPSA) is 0 Å². The Morgan fingerprint density at radius 3 is 2.33 bits per heavy atom. The van der Waals surface area contributed by atoms with E-state index in [2.05, 4.69) is 32.0 Å². The van der Waals surface area contributed by atoms with Crippen molar-refractivity contribution in [1.29, 1.82) is 0 Å². The van der Waals surface area contributed by atoms with Crippen molar-refractivity contribution in [3.63, 3.8) is 0 Å². The van der Waals surface area contributed by atoms with Gasteiger partial charge in [0.1, 0.15) is 0 Å². The SMILES string of the molecule is CCCCc1ccc[c]([Bi])c1CCCC. The summed E-state index contributed by atoms with van der Waals surface area (Å²) in [5, 5.41) is 0. The van der Waals surface area contributed by atoms with Gasteiger partial charge in [0.05, 0.1) is 0 Å². The van der Waals surface area contributed by atoms with Gasteiger partial charge in [0.15, 0.2) is 0 Å². The van der Waals surface area contributed by atoms with Crippen LogP contribution >= 0.6 is 0 Å². The van der Waals surface area contributed by atoms with E-state index in [0.29, 0.717) is 0 Å². The first-order valence-corrected chi connectivity index (χ1v) is 7.83. The summed E-state index contributed by atoms with van der Waals surface area (Å²) in [6.45, 7) is 4.55. The normalized spacial score (nSPS) is 10.6. The Kier molecular flexibility index (Phi) is 6.49. The van der Waals surface area contributed by atoms with E-state index >= 15 is 0 Å². The van der Waals surface area contributed by atoms with Gasteiger partial charge in [0.2, 0.25) is 0 Å². The predicted molar refractivity (Wildman–Crippen MR) is 69.1 cm³/mol. The van der Waals surface area contributed by atoms with Gasteiger partial charge in [0.25, 0.3) is 0 Å². The number of hydrogen-bond donors (Lipinski definition) is 0. The van der Waals surface area contributed by atoms with Crippen LogP contribution in [0.4, 0.5) is 0 Å². The third-order valence-corrected chi connectivity index (χ3v) is 4.46. The quantitative estimate of drug-likeness (QED) is 0.646. The van der Waals surface area contributed by atoms with Gasteiger partial charge in [-0.2, -0.15) is 0 Å². The van der Waals surface area contributed by atoms with Crippen molar-refractivity contribution < 1.29 is 0 Å². The maximum atomic E-state index is 2.33. The fraction of sp³-hybridized carbons (Fsp3) is 0.571. The van der Waals surface area contributed by atoms with Crippen molar-refractivity contribution in [3.05, 3.63) is 29.3 Å². The summed E-state index contributed by atoms with van der Waals surface area (Å²) in [5.74, 6) is 0. The Morgan fingerprint density at radius 2 is 1.67 bits per heavy atom. The maximum absolute atomic E-state index is 2.33. The van der Waals surface area contributed by atoms with Crippen molar-refractivity contribution in [3.8, 4) is 0 Å². The van der Waals surface area contributed by atoms with Gasteiger partial charge in [-0.15, -0.1) is 0 Å². The van der Waals surface area contributed by atoms with E-state index in [-0.39, 0.29) is 0 Å². The molecule has 0 heterocycles. The number of rotatable bonds is 6. The second kappa shape index (κ2) is 7.39. The zero-order valence-electron chi connectivity index (χ0n) is 9.92. The molecule has 82 valence electrons. The Morgan fingerprint density at radius 1 is 1.00 bits per heavy atom. The molecule has 1 heteroatoms. The Balaban J connectivity index is 2.77. The number of benzene rings is 1. The molecule has 1 aromatic carbocycles. The van der Waals surface area contributed by atoms with Gasteiger partial charge in [-0.25, -0.2) is 0 Å². The van der Waals surface area contributed by atoms with Gasteiger partial charge in [-0.1, -0.05) is 0 Å². The predicted octanol–water partition coefficient (Wildman–Crippen LogP) is 3.17. The van der Waals surface area contributed by atoms with E-state index in [0.717, 1.165) is 0 Å². The summed E-state index contributed by atoms with van der Waals surface area (Å²) in [6, 6.07) is 6.86. The molecule has 2 radical (unpaired) electrons. The summed E-state index contributed by atoms with van der Waals surface area (Å²) in [4.78, 5) is 0. The summed E-state index contributed by atoms with van der Waals surface area (Å²) < 4.78 is 1.59. The average molecular weight is 398 g/mol. The molecular formula is C14H21Bi. The Bertz CT molecular complexity index is 291. The van der Waals surface area contributed by atoms with Crippen LogP contribution in [-0.4, -0.2) is 24.7 Å². The fourth-order valence-electron chi connectivity index (χ4n) is 1.86. The number of hydrogen-bond acceptors (Lipinski definition) is 0. The molecular weight excluding hydrogens is 377 g/mol. The van der Waals surface area contributed by atoms with Crippen molar-refractivity contribution in [2.24, 2.45) is 0 Å². The minimum atomic E-state index is 1.28. The molecule has 0 atom stereocenters. The van der Waals surface area contributed by atoms with E-state index in [4.69, 9.17) is 0 Å². The third kappa shape index (κ3) is 4.23. The molecule has 0 fully saturated rings. The van der Waals surface area contributed by atoms with Crippen molar-refractivity contribution >= 4 is 28.0 Å². The first kappa shape index (κ1) is 13.2. The first-order chi connectivity index (χ1) is 7.29. The molecule has 0 saturated carbocycles. The van der Waals surface area contributed by atoms with Gasteiger partial charge in [-0.3, -0.25) is 0 Å². The number of aryl methyl sites for hydroxylation is 1. The number of unbranched alkanes of at least 4 members (excludes halogenated alkanes) is 2. The first-order valence-electron chi connectivity index (χ1n) is 6.09. The van der Waals surface area contributed by atoms with Crippen molar-refractivity contribution in [1.82, 2.24) is 0 Å². The summed E-state index contributed by atoms with van der Waals surface area (Å²) in [6.07, 6.45) is 7.86. The van der Waals surface area contributed by atoms with Gasteiger partial charge in [0, 0.05) is 0 Å². The van der Waals surface area contributed by atoms with E-state index in [1.807, 2.05) is 0 Å². The molecule has 0 N–H and O–H groups in total. The standard InChI is InChI=1S/C14H21.Bi/c1-3-5-9-13-11-7-8-12-14(13)10-6-4-2;/h7-8,11H,3-6,9-10H2,1-2H3;. The molecule has 0 bridgehead atoms. The van der Waals surface area contributed by atoms with Gasteiger partial charge < -0.3 is 0 Å². The van der Waals surface area contributed by atoms with Gasteiger partial charge in [-0.05, 0) is 0 Å². The van der Waals surface area contributed by atoms with Crippen LogP contribution in [0.2, 0.25) is 0 Å². The van der Waals surface area contributed by atoms with E-state index in [9.17, 15) is 0 Å². The molecule has 15 heavy (non-hydrogen) atoms. The van der Waals surface area contributed by atoms with Crippen LogP contribution in [0.25, 0.3) is 0 Å². The third-order valence-electron chi connectivity index (χ3n) is 2.83. The van der Waals surface area contributed by atoms with Crippen LogP contribution < -0.4 is 3.27 Å². The second-order valence-electron chi connectivity index (χ2n) is 4.12. The van der Waals surface area contributed by atoms with Gasteiger partial charge >= 0.3 is 110 Å². The van der Waals surface area contributed by atoms with Crippen LogP contribution in [0, 0.1) is 0 Å². The molecule has 0 aromatic heterocycles. The average Bonchev–Trinajstić information content (AvgIpc) is 2.25. The zero-order chi connectivity index (χ0) is 11.1. The molecule has 1 rings (SSSR count). The minimum absolute atomic E-state index is 1.28. The summed E-state index contributed by atoms with van der Waals surface area (Å²) in [5.41, 5.74) is 3.28. The van der Waals surface area contributed by atoms with E-state index in [1.165, 1.54) is 63.2 Å². The monoisotopic (exact) mass is 398 g/mol. The Labute approximate surface area is 109 Å². The molecule has 0 aliphatic carbocycles. The molecule has 0 aliphatic heterocycles. The van der Waals surface area contributed by atoms with Crippen LogP contribution in [0.5, 0.6) is 0 Å². The summed E-state index contributed by atoms with van der Waals surface area (Å²) in [7, 11) is 0.